The van der Waals surface area contributed by atoms with Gasteiger partial charge in [0.05, 0.1) is 0 Å². The maximum absolute atomic E-state index is 5.93. The highest BCUT2D eigenvalue weighted by molar-refractivity contribution is 7.79. The minimum Gasteiger partial charge on any atom is -0.0985 e. The van der Waals surface area contributed by atoms with Crippen LogP contribution in [0.3, 0.4) is 0 Å². The maximum Gasteiger partial charge on any atom is 0.0489 e. The molecular weight excluding hydrogens is 188 g/mol. The average Bonchev–Trinajstić information content (AvgIpc) is 2.06. The van der Waals surface area contributed by atoms with Crippen molar-refractivity contribution in [2.75, 3.05) is 0 Å². The first-order chi connectivity index (χ1) is 5.70. The van der Waals surface area contributed by atoms with Crippen molar-refractivity contribution in [3.05, 3.63) is 40.4 Å². The highest BCUT2D eigenvalue weighted by Crippen LogP contribution is 2.21. The van der Waals surface area contributed by atoms with E-state index in [9.17, 15) is 0 Å². The molecule has 1 aromatic carbocycles. The minimum absolute atomic E-state index is 0.702. The van der Waals surface area contributed by atoms with E-state index in [-0.39, 0.29) is 0 Å². The SMILES string of the molecule is C=Cc1ccc(Cl)c(C=S)c1C. The van der Waals surface area contributed by atoms with Crippen molar-refractivity contribution < 1.29 is 0 Å². The quantitative estimate of drug-likeness (QED) is 0.651. The van der Waals surface area contributed by atoms with E-state index in [1.165, 1.54) is 0 Å². The van der Waals surface area contributed by atoms with Gasteiger partial charge in [0.15, 0.2) is 0 Å². The standard InChI is InChI=1S/C10H9ClS/c1-3-8-4-5-10(11)9(6-12)7(8)2/h3-6H,1H2,2H3. The second-order valence-corrected chi connectivity index (χ2v) is 3.14. The highest BCUT2D eigenvalue weighted by atomic mass is 35.5. The Morgan fingerprint density at radius 2 is 2.17 bits per heavy atom. The zero-order valence-corrected chi connectivity index (χ0v) is 8.38. The van der Waals surface area contributed by atoms with E-state index >= 15 is 0 Å². The molecule has 0 fully saturated rings. The zero-order chi connectivity index (χ0) is 9.14. The molecule has 0 nitrogen and oxygen atoms in total. The Balaban J connectivity index is 3.43. The van der Waals surface area contributed by atoms with Gasteiger partial charge in [0.2, 0.25) is 0 Å². The Hall–Kier alpha value is -0.660. The van der Waals surface area contributed by atoms with Gasteiger partial charge in [-0.05, 0) is 24.1 Å². The Labute approximate surface area is 82.9 Å². The molecule has 1 rings (SSSR count). The van der Waals surface area contributed by atoms with Crippen LogP contribution in [0.4, 0.5) is 0 Å². The van der Waals surface area contributed by atoms with Crippen molar-refractivity contribution in [1.29, 1.82) is 0 Å². The lowest BCUT2D eigenvalue weighted by Crippen LogP contribution is -1.90. The summed E-state index contributed by atoms with van der Waals surface area (Å²) in [6.45, 7) is 5.69. The molecule has 0 saturated heterocycles. The predicted molar refractivity (Wildman–Crippen MR) is 59.0 cm³/mol. The van der Waals surface area contributed by atoms with Gasteiger partial charge < -0.3 is 0 Å². The predicted octanol–water partition coefficient (Wildman–Crippen LogP) is 3.64. The van der Waals surface area contributed by atoms with Gasteiger partial charge in [-0.15, -0.1) is 0 Å². The van der Waals surface area contributed by atoms with Crippen molar-refractivity contribution in [2.24, 2.45) is 0 Å². The normalized spacial score (nSPS) is 9.50. The smallest absolute Gasteiger partial charge is 0.0489 e. The summed E-state index contributed by atoms with van der Waals surface area (Å²) in [4.78, 5) is 0. The van der Waals surface area contributed by atoms with Gasteiger partial charge in [-0.25, -0.2) is 0 Å². The van der Waals surface area contributed by atoms with E-state index < -0.39 is 0 Å². The van der Waals surface area contributed by atoms with Crippen LogP contribution in [0.25, 0.3) is 6.08 Å². The van der Waals surface area contributed by atoms with Gasteiger partial charge in [0.25, 0.3) is 0 Å². The van der Waals surface area contributed by atoms with Crippen LogP contribution in [0.5, 0.6) is 0 Å². The molecule has 0 saturated carbocycles. The largest absolute Gasteiger partial charge is 0.0985 e. The van der Waals surface area contributed by atoms with Gasteiger partial charge in [-0.2, -0.15) is 0 Å². The molecule has 0 aliphatic heterocycles. The number of hydrogen-bond acceptors (Lipinski definition) is 1. The second kappa shape index (κ2) is 3.83. The van der Waals surface area contributed by atoms with Crippen LogP contribution in [-0.2, 0) is 0 Å². The van der Waals surface area contributed by atoms with Crippen molar-refractivity contribution in [3.8, 4) is 0 Å². The first kappa shape index (κ1) is 9.43. The van der Waals surface area contributed by atoms with Crippen LogP contribution in [0.1, 0.15) is 16.7 Å². The van der Waals surface area contributed by atoms with Crippen molar-refractivity contribution in [1.82, 2.24) is 0 Å². The lowest BCUT2D eigenvalue weighted by Gasteiger charge is -2.05. The van der Waals surface area contributed by atoms with Crippen LogP contribution >= 0.6 is 23.8 Å². The van der Waals surface area contributed by atoms with Crippen molar-refractivity contribution >= 4 is 35.3 Å². The summed E-state index contributed by atoms with van der Waals surface area (Å²) in [5, 5.41) is 2.30. The monoisotopic (exact) mass is 196 g/mol. The summed E-state index contributed by atoms with van der Waals surface area (Å²) in [5.41, 5.74) is 3.09. The zero-order valence-electron chi connectivity index (χ0n) is 6.80. The molecule has 62 valence electrons. The molecule has 12 heavy (non-hydrogen) atoms. The molecule has 0 spiro atoms. The van der Waals surface area contributed by atoms with E-state index in [4.69, 9.17) is 23.8 Å². The molecule has 0 aliphatic rings. The van der Waals surface area contributed by atoms with Crippen LogP contribution in [0.2, 0.25) is 5.02 Å². The first-order valence-electron chi connectivity index (χ1n) is 3.57. The molecule has 0 N–H and O–H groups in total. The first-order valence-corrected chi connectivity index (χ1v) is 4.42. The number of rotatable bonds is 2. The van der Waals surface area contributed by atoms with Gasteiger partial charge in [-0.1, -0.05) is 42.5 Å². The third-order valence-corrected chi connectivity index (χ3v) is 2.41. The summed E-state index contributed by atoms with van der Waals surface area (Å²) in [5.74, 6) is 0. The highest BCUT2D eigenvalue weighted by Gasteiger charge is 2.03. The number of hydrogen-bond donors (Lipinski definition) is 0. The molecule has 0 heterocycles. The Bertz CT molecular complexity index is 329. The Morgan fingerprint density at radius 1 is 1.50 bits per heavy atom. The summed E-state index contributed by atoms with van der Waals surface area (Å²) >= 11 is 10.8. The summed E-state index contributed by atoms with van der Waals surface area (Å²) < 4.78 is 0. The third kappa shape index (κ3) is 1.57. The molecule has 0 amide bonds. The van der Waals surface area contributed by atoms with Crippen LogP contribution in [-0.4, -0.2) is 5.37 Å². The minimum atomic E-state index is 0.702. The molecule has 0 bridgehead atoms. The van der Waals surface area contributed by atoms with Crippen LogP contribution in [0, 0.1) is 6.92 Å². The van der Waals surface area contributed by atoms with E-state index in [0.717, 1.165) is 16.7 Å². The summed E-state index contributed by atoms with van der Waals surface area (Å²) in [6.07, 6.45) is 1.80. The van der Waals surface area contributed by atoms with E-state index in [1.807, 2.05) is 19.1 Å². The van der Waals surface area contributed by atoms with Crippen molar-refractivity contribution in [2.45, 2.75) is 6.92 Å². The fourth-order valence-electron chi connectivity index (χ4n) is 1.08. The summed E-state index contributed by atoms with van der Waals surface area (Å²) in [7, 11) is 0. The topological polar surface area (TPSA) is 0 Å². The molecular formula is C10H9ClS. The van der Waals surface area contributed by atoms with Crippen molar-refractivity contribution in [3.63, 3.8) is 0 Å². The fourth-order valence-corrected chi connectivity index (χ4v) is 1.71. The Morgan fingerprint density at radius 3 is 2.67 bits per heavy atom. The van der Waals surface area contributed by atoms with Gasteiger partial charge >= 0.3 is 0 Å². The van der Waals surface area contributed by atoms with Gasteiger partial charge in [-0.3, -0.25) is 0 Å². The fraction of sp³-hybridized carbons (Fsp3) is 0.100. The molecule has 0 aromatic heterocycles. The van der Waals surface area contributed by atoms with Crippen LogP contribution in [0.15, 0.2) is 18.7 Å². The van der Waals surface area contributed by atoms with E-state index in [1.54, 1.807) is 11.4 Å². The molecule has 0 unspecified atom stereocenters. The number of thiocarbonyl (C=S) groups is 1. The lowest BCUT2D eigenvalue weighted by atomic mass is 10.0. The molecule has 0 atom stereocenters. The third-order valence-electron chi connectivity index (χ3n) is 1.84. The molecule has 0 radical (unpaired) electrons. The maximum atomic E-state index is 5.93. The summed E-state index contributed by atoms with van der Waals surface area (Å²) in [6, 6.07) is 3.77. The molecule has 1 aromatic rings. The Kier molecular flexibility index (Phi) is 3.01. The molecule has 0 aliphatic carbocycles. The van der Waals surface area contributed by atoms with E-state index in [0.29, 0.717) is 5.02 Å². The van der Waals surface area contributed by atoms with Gasteiger partial charge in [0.1, 0.15) is 0 Å². The lowest BCUT2D eigenvalue weighted by molar-refractivity contribution is 1.43. The number of benzene rings is 1. The molecule has 2 heteroatoms. The van der Waals surface area contributed by atoms with Crippen LogP contribution < -0.4 is 0 Å². The second-order valence-electron chi connectivity index (χ2n) is 2.50. The number of halogens is 1. The van der Waals surface area contributed by atoms with Gasteiger partial charge in [0, 0.05) is 16.0 Å². The average molecular weight is 197 g/mol. The van der Waals surface area contributed by atoms with E-state index in [2.05, 4.69) is 6.58 Å².